The van der Waals surface area contributed by atoms with Gasteiger partial charge in [0.25, 0.3) is 5.91 Å². The Morgan fingerprint density at radius 3 is 2.41 bits per heavy atom. The van der Waals surface area contributed by atoms with Crippen molar-refractivity contribution in [3.63, 3.8) is 0 Å². The van der Waals surface area contributed by atoms with Crippen LogP contribution in [0.25, 0.3) is 0 Å². The largest absolute Gasteiger partial charge is 0.480 e. The van der Waals surface area contributed by atoms with Gasteiger partial charge in [0.1, 0.15) is 29.4 Å². The number of aromatic nitrogens is 4. The standard InChI is InChI=1S/C20H29N11O6/c1-8(20(36)37)28-18(34)12(2-9-5-25-7-27-9)30-19(35)13-3-14(22)31-17(29-13)11(4-15(23)32)26-6-10(21)16(24)33/h3,5,7-8,10-12,26H,2,4,6,21H2,1H3,(H2,23,32)(H2,24,33)(H,25,27)(H,28,34)(H,30,35)(H,36,37)(H2,22,29,31)/t8-,10-,11+,12-/m0/s1. The maximum atomic E-state index is 13.0. The Labute approximate surface area is 210 Å². The Hall–Kier alpha value is -4.64. The molecule has 0 saturated heterocycles. The van der Waals surface area contributed by atoms with Gasteiger partial charge in [-0.15, -0.1) is 0 Å². The third kappa shape index (κ3) is 8.82. The Balaban J connectivity index is 2.29. The number of amides is 4. The first-order valence-corrected chi connectivity index (χ1v) is 10.9. The van der Waals surface area contributed by atoms with Crippen molar-refractivity contribution in [3.8, 4) is 0 Å². The Kier molecular flexibility index (Phi) is 9.96. The number of carboxylic acids is 1. The fourth-order valence-electron chi connectivity index (χ4n) is 3.02. The summed E-state index contributed by atoms with van der Waals surface area (Å²) in [6, 6.07) is -3.36. The first-order valence-electron chi connectivity index (χ1n) is 10.9. The number of primary amides is 2. The molecule has 2 rings (SSSR count). The number of nitrogens with two attached hydrogens (primary N) is 4. The van der Waals surface area contributed by atoms with Gasteiger partial charge in [-0.25, -0.2) is 15.0 Å². The number of rotatable bonds is 14. The maximum Gasteiger partial charge on any atom is 0.325 e. The summed E-state index contributed by atoms with van der Waals surface area (Å²) in [5, 5.41) is 16.7. The maximum absolute atomic E-state index is 13.0. The number of aliphatic carboxylic acids is 1. The number of carboxylic acid groups (broad SMARTS) is 1. The van der Waals surface area contributed by atoms with Crippen molar-refractivity contribution in [3.05, 3.63) is 35.8 Å². The van der Waals surface area contributed by atoms with Crippen LogP contribution in [0.3, 0.4) is 0 Å². The summed E-state index contributed by atoms with van der Waals surface area (Å²) in [6.45, 7) is 1.11. The van der Waals surface area contributed by atoms with Crippen LogP contribution in [0.2, 0.25) is 0 Å². The Bertz CT molecular complexity index is 1140. The minimum Gasteiger partial charge on any atom is -0.480 e. The number of nitrogen functional groups attached to an aromatic ring is 1. The molecule has 200 valence electrons. The molecule has 0 spiro atoms. The van der Waals surface area contributed by atoms with Crippen LogP contribution in [-0.4, -0.2) is 79.3 Å². The predicted molar refractivity (Wildman–Crippen MR) is 127 cm³/mol. The molecule has 0 aliphatic heterocycles. The van der Waals surface area contributed by atoms with Crippen LogP contribution in [0.5, 0.6) is 0 Å². The third-order valence-corrected chi connectivity index (χ3v) is 4.99. The van der Waals surface area contributed by atoms with Crippen LogP contribution in [-0.2, 0) is 25.6 Å². The van der Waals surface area contributed by atoms with Gasteiger partial charge < -0.3 is 49.0 Å². The van der Waals surface area contributed by atoms with Crippen LogP contribution in [0, 0.1) is 0 Å². The normalized spacial score (nSPS) is 14.1. The fraction of sp³-hybridized carbons (Fsp3) is 0.400. The second-order valence-electron chi connectivity index (χ2n) is 8.05. The van der Waals surface area contributed by atoms with Crippen molar-refractivity contribution in [2.24, 2.45) is 17.2 Å². The second-order valence-corrected chi connectivity index (χ2v) is 8.05. The number of hydrogen-bond acceptors (Lipinski definition) is 11. The summed E-state index contributed by atoms with van der Waals surface area (Å²) in [5.74, 6) is -4.66. The lowest BCUT2D eigenvalue weighted by Crippen LogP contribution is -2.52. The summed E-state index contributed by atoms with van der Waals surface area (Å²) in [7, 11) is 0. The predicted octanol–water partition coefficient (Wildman–Crippen LogP) is -3.97. The van der Waals surface area contributed by atoms with Crippen LogP contribution in [0.4, 0.5) is 5.82 Å². The molecule has 17 heteroatoms. The molecule has 0 aliphatic rings. The topological polar surface area (TPSA) is 300 Å². The van der Waals surface area contributed by atoms with E-state index >= 15 is 0 Å². The van der Waals surface area contributed by atoms with Gasteiger partial charge in [-0.1, -0.05) is 0 Å². The van der Waals surface area contributed by atoms with Crippen molar-refractivity contribution in [1.82, 2.24) is 35.9 Å². The van der Waals surface area contributed by atoms with E-state index in [2.05, 4.69) is 35.9 Å². The summed E-state index contributed by atoms with van der Waals surface area (Å²) >= 11 is 0. The zero-order valence-corrected chi connectivity index (χ0v) is 19.8. The molecule has 0 aromatic carbocycles. The molecule has 4 amide bonds. The zero-order valence-electron chi connectivity index (χ0n) is 19.8. The first-order chi connectivity index (χ1) is 17.4. The first kappa shape index (κ1) is 28.6. The molecule has 2 aromatic rings. The van der Waals surface area contributed by atoms with Crippen LogP contribution in [0.15, 0.2) is 18.6 Å². The van der Waals surface area contributed by atoms with Gasteiger partial charge in [0, 0.05) is 37.3 Å². The Morgan fingerprint density at radius 1 is 1.14 bits per heavy atom. The molecule has 0 saturated carbocycles. The van der Waals surface area contributed by atoms with Crippen molar-refractivity contribution in [1.29, 1.82) is 0 Å². The molecule has 0 unspecified atom stereocenters. The number of hydrogen-bond donors (Lipinski definition) is 9. The average Bonchev–Trinajstić information content (AvgIpc) is 3.33. The Morgan fingerprint density at radius 2 is 1.84 bits per heavy atom. The smallest absolute Gasteiger partial charge is 0.325 e. The van der Waals surface area contributed by atoms with Gasteiger partial charge in [0.2, 0.25) is 17.7 Å². The monoisotopic (exact) mass is 519 g/mol. The van der Waals surface area contributed by atoms with Crippen LogP contribution in [0.1, 0.15) is 41.4 Å². The highest BCUT2D eigenvalue weighted by Gasteiger charge is 2.27. The number of aromatic amines is 1. The zero-order chi connectivity index (χ0) is 27.7. The summed E-state index contributed by atoms with van der Waals surface area (Å²) in [4.78, 5) is 74.5. The third-order valence-electron chi connectivity index (χ3n) is 4.99. The van der Waals surface area contributed by atoms with E-state index < -0.39 is 53.8 Å². The minimum absolute atomic E-state index is 0.0474. The number of imidazole rings is 1. The summed E-state index contributed by atoms with van der Waals surface area (Å²) < 4.78 is 0. The van der Waals surface area contributed by atoms with E-state index in [0.717, 1.165) is 6.07 Å². The van der Waals surface area contributed by atoms with Gasteiger partial charge in [-0.3, -0.25) is 24.0 Å². The van der Waals surface area contributed by atoms with Gasteiger partial charge in [-0.2, -0.15) is 0 Å². The minimum atomic E-state index is -1.27. The highest BCUT2D eigenvalue weighted by Crippen LogP contribution is 2.15. The second kappa shape index (κ2) is 12.9. The molecule has 0 bridgehead atoms. The molecular formula is C20H29N11O6. The quantitative estimate of drug-likeness (QED) is 0.115. The van der Waals surface area contributed by atoms with E-state index in [1.54, 1.807) is 0 Å². The average molecular weight is 520 g/mol. The molecule has 13 N–H and O–H groups in total. The molecule has 0 radical (unpaired) electrons. The van der Waals surface area contributed by atoms with E-state index in [9.17, 15) is 24.0 Å². The lowest BCUT2D eigenvalue weighted by molar-refractivity contribution is -0.141. The lowest BCUT2D eigenvalue weighted by atomic mass is 10.1. The SMILES string of the molecule is C[C@H](NC(=O)[C@H](Cc1cnc[nH]1)NC(=O)c1cc(N)nc([C@@H](CC(N)=O)NC[C@H](N)C(N)=O)n1)C(=O)O. The van der Waals surface area contributed by atoms with E-state index in [-0.39, 0.29) is 36.7 Å². The van der Waals surface area contributed by atoms with Crippen molar-refractivity contribution >= 4 is 35.4 Å². The molecule has 0 fully saturated rings. The number of nitrogens with zero attached hydrogens (tertiary/aromatic N) is 3. The van der Waals surface area contributed by atoms with Gasteiger partial charge in [0.05, 0.1) is 18.4 Å². The van der Waals surface area contributed by atoms with Crippen molar-refractivity contribution in [2.45, 2.75) is 43.9 Å². The molecular weight excluding hydrogens is 490 g/mol. The van der Waals surface area contributed by atoms with E-state index in [0.29, 0.717) is 5.69 Å². The number of anilines is 1. The highest BCUT2D eigenvalue weighted by molar-refractivity contribution is 5.97. The molecule has 17 nitrogen and oxygen atoms in total. The van der Waals surface area contributed by atoms with Crippen molar-refractivity contribution in [2.75, 3.05) is 12.3 Å². The van der Waals surface area contributed by atoms with Crippen molar-refractivity contribution < 1.29 is 29.1 Å². The molecule has 0 aliphatic carbocycles. The molecule has 2 heterocycles. The van der Waals surface area contributed by atoms with Crippen LogP contribution >= 0.6 is 0 Å². The van der Waals surface area contributed by atoms with E-state index in [1.807, 2.05) is 0 Å². The summed E-state index contributed by atoms with van der Waals surface area (Å²) in [6.07, 6.45) is 2.44. The van der Waals surface area contributed by atoms with Gasteiger partial charge in [-0.05, 0) is 6.92 Å². The number of carbonyl (C=O) groups excluding carboxylic acids is 4. The lowest BCUT2D eigenvalue weighted by Gasteiger charge is -2.21. The summed E-state index contributed by atoms with van der Waals surface area (Å²) in [5.41, 5.74) is 22.1. The highest BCUT2D eigenvalue weighted by atomic mass is 16.4. The van der Waals surface area contributed by atoms with Crippen LogP contribution < -0.4 is 38.9 Å². The van der Waals surface area contributed by atoms with Gasteiger partial charge in [0.15, 0.2) is 0 Å². The number of nitrogens with one attached hydrogen (secondary N) is 4. The fourth-order valence-corrected chi connectivity index (χ4v) is 3.02. The molecule has 37 heavy (non-hydrogen) atoms. The molecule has 4 atom stereocenters. The number of H-pyrrole nitrogens is 1. The van der Waals surface area contributed by atoms with E-state index in [1.165, 1.54) is 19.4 Å². The number of carbonyl (C=O) groups is 5. The molecule has 2 aromatic heterocycles. The van der Waals surface area contributed by atoms with E-state index in [4.69, 9.17) is 28.0 Å². The van der Waals surface area contributed by atoms with Gasteiger partial charge >= 0.3 is 5.97 Å².